The van der Waals surface area contributed by atoms with E-state index in [1.54, 1.807) is 6.07 Å². The predicted molar refractivity (Wildman–Crippen MR) is 45.6 cm³/mol. The molecule has 0 bridgehead atoms. The minimum Gasteiger partial charge on any atom is -0.480 e. The van der Waals surface area contributed by atoms with Crippen LogP contribution >= 0.6 is 0 Å². The molecule has 1 aromatic heterocycles. The summed E-state index contributed by atoms with van der Waals surface area (Å²) in [6.07, 6.45) is 1.60. The van der Waals surface area contributed by atoms with Crippen molar-refractivity contribution in [1.82, 2.24) is 5.32 Å². The van der Waals surface area contributed by atoms with Crippen LogP contribution in [0.25, 0.3) is 0 Å². The number of furan rings is 1. The van der Waals surface area contributed by atoms with Crippen molar-refractivity contribution in [2.24, 2.45) is 0 Å². The van der Waals surface area contributed by atoms with Crippen LogP contribution in [0.3, 0.4) is 0 Å². The summed E-state index contributed by atoms with van der Waals surface area (Å²) in [6, 6.07) is 3.09. The van der Waals surface area contributed by atoms with E-state index in [0.717, 1.165) is 0 Å². The first kappa shape index (κ1) is 8.80. The van der Waals surface area contributed by atoms with Gasteiger partial charge in [-0.3, -0.25) is 9.59 Å². The second-order valence-electron chi connectivity index (χ2n) is 3.19. The lowest BCUT2D eigenvalue weighted by Gasteiger charge is -2.17. The molecular formula is C9H9NO4. The zero-order chi connectivity index (χ0) is 10.2. The van der Waals surface area contributed by atoms with E-state index < -0.39 is 17.3 Å². The highest BCUT2D eigenvalue weighted by atomic mass is 16.4. The molecule has 1 aliphatic heterocycles. The molecule has 1 amide bonds. The van der Waals surface area contributed by atoms with E-state index in [2.05, 4.69) is 5.32 Å². The van der Waals surface area contributed by atoms with Crippen LogP contribution in [0.5, 0.6) is 0 Å². The Bertz CT molecular complexity index is 370. The molecule has 2 heterocycles. The van der Waals surface area contributed by atoms with Crippen molar-refractivity contribution in [3.8, 4) is 0 Å². The lowest BCUT2D eigenvalue weighted by molar-refractivity contribution is -0.148. The molecule has 74 valence electrons. The molecule has 0 saturated carbocycles. The molecule has 5 heteroatoms. The first-order valence-corrected chi connectivity index (χ1v) is 4.23. The van der Waals surface area contributed by atoms with Gasteiger partial charge in [0.25, 0.3) is 0 Å². The van der Waals surface area contributed by atoms with Crippen molar-refractivity contribution in [2.45, 2.75) is 11.8 Å². The van der Waals surface area contributed by atoms with Crippen LogP contribution in [0.15, 0.2) is 22.8 Å². The third kappa shape index (κ3) is 0.951. The number of nitrogens with one attached hydrogen (secondary N) is 1. The Morgan fingerprint density at radius 3 is 2.86 bits per heavy atom. The number of carboxylic acid groups (broad SMARTS) is 1. The molecule has 0 aromatic carbocycles. The number of carboxylic acids is 1. The molecular weight excluding hydrogens is 186 g/mol. The Balaban J connectivity index is 2.52. The molecule has 1 saturated heterocycles. The Morgan fingerprint density at radius 2 is 2.43 bits per heavy atom. The molecule has 1 atom stereocenters. The second-order valence-corrected chi connectivity index (χ2v) is 3.19. The van der Waals surface area contributed by atoms with Crippen LogP contribution < -0.4 is 5.32 Å². The lowest BCUT2D eigenvalue weighted by atomic mass is 9.84. The monoisotopic (exact) mass is 195 g/mol. The summed E-state index contributed by atoms with van der Waals surface area (Å²) in [6.45, 7) is 0.367. The van der Waals surface area contributed by atoms with Crippen molar-refractivity contribution in [3.05, 3.63) is 24.2 Å². The molecule has 1 fully saturated rings. The van der Waals surface area contributed by atoms with Crippen LogP contribution in [0.4, 0.5) is 0 Å². The molecule has 5 nitrogen and oxygen atoms in total. The van der Waals surface area contributed by atoms with Crippen LogP contribution in [-0.2, 0) is 15.0 Å². The van der Waals surface area contributed by atoms with Gasteiger partial charge >= 0.3 is 5.97 Å². The van der Waals surface area contributed by atoms with Gasteiger partial charge in [0, 0.05) is 6.54 Å². The third-order valence-corrected chi connectivity index (χ3v) is 2.48. The normalized spacial score (nSPS) is 26.1. The van der Waals surface area contributed by atoms with Crippen LogP contribution in [-0.4, -0.2) is 23.5 Å². The molecule has 1 aromatic rings. The average Bonchev–Trinajstić information content (AvgIpc) is 2.72. The summed E-state index contributed by atoms with van der Waals surface area (Å²) < 4.78 is 5.01. The number of hydrogen-bond donors (Lipinski definition) is 2. The summed E-state index contributed by atoms with van der Waals surface area (Å²) in [5.74, 6) is -1.47. The van der Waals surface area contributed by atoms with Crippen LogP contribution in [0.1, 0.15) is 12.2 Å². The summed E-state index contributed by atoms with van der Waals surface area (Å²) >= 11 is 0. The van der Waals surface area contributed by atoms with E-state index >= 15 is 0 Å². The molecule has 0 spiro atoms. The van der Waals surface area contributed by atoms with Gasteiger partial charge in [0.05, 0.1) is 6.26 Å². The Hall–Kier alpha value is -1.78. The highest BCUT2D eigenvalue weighted by Gasteiger charge is 2.53. The van der Waals surface area contributed by atoms with Gasteiger partial charge in [0.15, 0.2) is 0 Å². The van der Waals surface area contributed by atoms with Gasteiger partial charge in [-0.05, 0) is 18.6 Å². The van der Waals surface area contributed by atoms with Gasteiger partial charge in [-0.25, -0.2) is 0 Å². The van der Waals surface area contributed by atoms with E-state index in [1.807, 2.05) is 0 Å². The summed E-state index contributed by atoms with van der Waals surface area (Å²) in [5, 5.41) is 11.6. The fraction of sp³-hybridized carbons (Fsp3) is 0.333. The fourth-order valence-corrected chi connectivity index (χ4v) is 1.69. The summed E-state index contributed by atoms with van der Waals surface area (Å²) in [7, 11) is 0. The highest BCUT2D eigenvalue weighted by Crippen LogP contribution is 2.32. The van der Waals surface area contributed by atoms with Gasteiger partial charge in [-0.1, -0.05) is 0 Å². The standard InChI is InChI=1S/C9H9NO4/c11-7-9(8(12)13,3-4-10-7)6-2-1-5-14-6/h1-2,5H,3-4H2,(H,10,11)(H,12,13). The molecule has 1 unspecified atom stereocenters. The second kappa shape index (κ2) is 2.87. The zero-order valence-corrected chi connectivity index (χ0v) is 7.32. The molecule has 2 rings (SSSR count). The van der Waals surface area contributed by atoms with E-state index in [4.69, 9.17) is 9.52 Å². The molecule has 2 N–H and O–H groups in total. The Labute approximate surface area is 79.7 Å². The smallest absolute Gasteiger partial charge is 0.327 e. The predicted octanol–water partition coefficient (Wildman–Crippen LogP) is 0.122. The largest absolute Gasteiger partial charge is 0.480 e. The number of carbonyl (C=O) groups excluding carboxylic acids is 1. The molecule has 14 heavy (non-hydrogen) atoms. The number of rotatable bonds is 2. The molecule has 0 radical (unpaired) electrons. The quantitative estimate of drug-likeness (QED) is 0.657. The van der Waals surface area contributed by atoms with E-state index in [0.29, 0.717) is 6.54 Å². The maximum Gasteiger partial charge on any atom is 0.327 e. The number of hydrogen-bond acceptors (Lipinski definition) is 3. The summed E-state index contributed by atoms with van der Waals surface area (Å²) in [5.41, 5.74) is -1.52. The van der Waals surface area contributed by atoms with Gasteiger partial charge in [0.2, 0.25) is 11.3 Å². The van der Waals surface area contributed by atoms with Gasteiger partial charge < -0.3 is 14.8 Å². The van der Waals surface area contributed by atoms with E-state index in [1.165, 1.54) is 12.3 Å². The maximum atomic E-state index is 11.5. The van der Waals surface area contributed by atoms with Crippen molar-refractivity contribution in [3.63, 3.8) is 0 Å². The SMILES string of the molecule is O=C(O)C1(c2ccco2)CCNC1=O. The first-order valence-electron chi connectivity index (χ1n) is 4.23. The van der Waals surface area contributed by atoms with E-state index in [-0.39, 0.29) is 12.2 Å². The van der Waals surface area contributed by atoms with Crippen LogP contribution in [0, 0.1) is 0 Å². The van der Waals surface area contributed by atoms with Gasteiger partial charge in [0.1, 0.15) is 5.76 Å². The zero-order valence-electron chi connectivity index (χ0n) is 7.32. The molecule has 1 aliphatic rings. The van der Waals surface area contributed by atoms with Crippen molar-refractivity contribution in [1.29, 1.82) is 0 Å². The van der Waals surface area contributed by atoms with E-state index in [9.17, 15) is 9.59 Å². The lowest BCUT2D eigenvalue weighted by Crippen LogP contribution is -2.42. The Kier molecular flexibility index (Phi) is 1.80. The van der Waals surface area contributed by atoms with Crippen molar-refractivity contribution in [2.75, 3.05) is 6.54 Å². The number of amides is 1. The minimum absolute atomic E-state index is 0.194. The minimum atomic E-state index is -1.52. The van der Waals surface area contributed by atoms with Crippen molar-refractivity contribution < 1.29 is 19.1 Å². The Morgan fingerprint density at radius 1 is 1.64 bits per heavy atom. The average molecular weight is 195 g/mol. The van der Waals surface area contributed by atoms with Gasteiger partial charge in [-0.15, -0.1) is 0 Å². The van der Waals surface area contributed by atoms with Crippen molar-refractivity contribution >= 4 is 11.9 Å². The number of carbonyl (C=O) groups is 2. The van der Waals surface area contributed by atoms with Crippen LogP contribution in [0.2, 0.25) is 0 Å². The first-order chi connectivity index (χ1) is 6.68. The van der Waals surface area contributed by atoms with Gasteiger partial charge in [-0.2, -0.15) is 0 Å². The third-order valence-electron chi connectivity index (χ3n) is 2.48. The topological polar surface area (TPSA) is 79.5 Å². The molecule has 0 aliphatic carbocycles. The number of aliphatic carboxylic acids is 1. The highest BCUT2D eigenvalue weighted by molar-refractivity contribution is 6.08. The fourth-order valence-electron chi connectivity index (χ4n) is 1.69. The summed E-state index contributed by atoms with van der Waals surface area (Å²) in [4.78, 5) is 22.6. The maximum absolute atomic E-state index is 11.5.